The van der Waals surface area contributed by atoms with Crippen molar-refractivity contribution >= 4 is 11.3 Å². The molecule has 0 spiro atoms. The molecule has 0 aliphatic heterocycles. The fourth-order valence-electron chi connectivity index (χ4n) is 2.28. The lowest BCUT2D eigenvalue weighted by Gasteiger charge is -2.14. The summed E-state index contributed by atoms with van der Waals surface area (Å²) in [5, 5.41) is 0. The lowest BCUT2D eigenvalue weighted by Crippen LogP contribution is -2.08. The lowest BCUT2D eigenvalue weighted by atomic mass is 9.96. The molecule has 0 atom stereocenters. The van der Waals surface area contributed by atoms with Crippen LogP contribution in [-0.2, 0) is 6.18 Å². The van der Waals surface area contributed by atoms with Crippen LogP contribution >= 0.6 is 0 Å². The topological polar surface area (TPSA) is 3.24 Å². The molecule has 22 heavy (non-hydrogen) atoms. The van der Waals surface area contributed by atoms with Gasteiger partial charge in [0.05, 0.1) is 5.56 Å². The van der Waals surface area contributed by atoms with E-state index in [1.54, 1.807) is 0 Å². The Bertz CT molecular complexity index is 650. The van der Waals surface area contributed by atoms with E-state index in [0.29, 0.717) is 0 Å². The van der Waals surface area contributed by atoms with Gasteiger partial charge in [-0.05, 0) is 47.9 Å². The summed E-state index contributed by atoms with van der Waals surface area (Å²) in [6, 6.07) is 13.2. The van der Waals surface area contributed by atoms with E-state index in [1.807, 2.05) is 56.3 Å². The predicted molar refractivity (Wildman–Crippen MR) is 85.0 cm³/mol. The zero-order valence-electron chi connectivity index (χ0n) is 12.8. The smallest absolute Gasteiger partial charge is 0.378 e. The van der Waals surface area contributed by atoms with Crippen molar-refractivity contribution in [2.24, 2.45) is 0 Å². The van der Waals surface area contributed by atoms with E-state index in [-0.39, 0.29) is 0 Å². The highest BCUT2D eigenvalue weighted by molar-refractivity contribution is 5.80. The van der Waals surface area contributed by atoms with Crippen molar-refractivity contribution < 1.29 is 13.2 Å². The van der Waals surface area contributed by atoms with Gasteiger partial charge in [-0.2, -0.15) is 13.2 Å². The number of alkyl halides is 3. The molecule has 0 aliphatic rings. The second kappa shape index (κ2) is 6.26. The second-order valence-corrected chi connectivity index (χ2v) is 5.22. The summed E-state index contributed by atoms with van der Waals surface area (Å²) in [5.74, 6) is 0. The molecule has 0 aliphatic carbocycles. The van der Waals surface area contributed by atoms with E-state index in [9.17, 15) is 13.2 Å². The van der Waals surface area contributed by atoms with Crippen molar-refractivity contribution in [1.29, 1.82) is 0 Å². The molecule has 0 aromatic heterocycles. The highest BCUT2D eigenvalue weighted by Gasteiger charge is 2.30. The minimum atomic E-state index is -4.30. The van der Waals surface area contributed by atoms with Crippen molar-refractivity contribution in [1.82, 2.24) is 0 Å². The quantitative estimate of drug-likeness (QED) is 0.751. The molecule has 0 amide bonds. The summed E-state index contributed by atoms with van der Waals surface area (Å²) in [7, 11) is 3.92. The maximum absolute atomic E-state index is 12.6. The molecule has 0 saturated heterocycles. The molecule has 0 radical (unpaired) electrons. The summed E-state index contributed by atoms with van der Waals surface area (Å²) in [5.41, 5.74) is 3.11. The van der Waals surface area contributed by atoms with Crippen LogP contribution in [0, 0.1) is 0 Å². The van der Waals surface area contributed by atoms with E-state index < -0.39 is 11.7 Å². The van der Waals surface area contributed by atoms with Crippen molar-refractivity contribution in [2.75, 3.05) is 19.0 Å². The van der Waals surface area contributed by atoms with Crippen LogP contribution in [0.4, 0.5) is 18.9 Å². The lowest BCUT2D eigenvalue weighted by molar-refractivity contribution is -0.137. The maximum Gasteiger partial charge on any atom is 0.416 e. The average molecular weight is 305 g/mol. The molecule has 1 nitrogen and oxygen atoms in total. The summed E-state index contributed by atoms with van der Waals surface area (Å²) < 4.78 is 37.9. The van der Waals surface area contributed by atoms with Gasteiger partial charge >= 0.3 is 6.18 Å². The standard InChI is InChI=1S/C18H18F3N/c1-4-17(14-7-11-16(12-8-14)22(2)3)13-5-9-15(10-6-13)18(19,20)21/h4-12H,1-3H3. The van der Waals surface area contributed by atoms with Gasteiger partial charge in [0.1, 0.15) is 0 Å². The van der Waals surface area contributed by atoms with Crippen molar-refractivity contribution in [3.8, 4) is 0 Å². The Morgan fingerprint density at radius 1 is 0.864 bits per heavy atom. The second-order valence-electron chi connectivity index (χ2n) is 5.22. The summed E-state index contributed by atoms with van der Waals surface area (Å²) in [6.45, 7) is 1.88. The van der Waals surface area contributed by atoms with Gasteiger partial charge in [-0.15, -0.1) is 0 Å². The first-order chi connectivity index (χ1) is 10.3. The zero-order valence-corrected chi connectivity index (χ0v) is 12.8. The highest BCUT2D eigenvalue weighted by atomic mass is 19.4. The fraction of sp³-hybridized carbons (Fsp3) is 0.222. The third-order valence-electron chi connectivity index (χ3n) is 3.51. The van der Waals surface area contributed by atoms with E-state index in [2.05, 4.69) is 0 Å². The monoisotopic (exact) mass is 305 g/mol. The molecule has 0 saturated carbocycles. The van der Waals surface area contributed by atoms with Crippen LogP contribution in [0.15, 0.2) is 54.6 Å². The third kappa shape index (κ3) is 3.50. The molecule has 116 valence electrons. The Morgan fingerprint density at radius 2 is 1.32 bits per heavy atom. The van der Waals surface area contributed by atoms with E-state index >= 15 is 0 Å². The molecule has 4 heteroatoms. The highest BCUT2D eigenvalue weighted by Crippen LogP contribution is 2.31. The zero-order chi connectivity index (χ0) is 16.3. The Labute approximate surface area is 128 Å². The van der Waals surface area contributed by atoms with Gasteiger partial charge in [0.2, 0.25) is 0 Å². The minimum absolute atomic E-state index is 0.630. The number of halogens is 3. The molecule has 0 bridgehead atoms. The SMILES string of the molecule is CC=C(c1ccc(N(C)C)cc1)c1ccc(C(F)(F)F)cc1. The van der Waals surface area contributed by atoms with E-state index in [0.717, 1.165) is 34.5 Å². The van der Waals surface area contributed by atoms with Gasteiger partial charge in [-0.3, -0.25) is 0 Å². The molecule has 0 unspecified atom stereocenters. The maximum atomic E-state index is 12.6. The molecular formula is C18H18F3N. The number of rotatable bonds is 3. The molecular weight excluding hydrogens is 287 g/mol. The van der Waals surface area contributed by atoms with Crippen LogP contribution in [0.25, 0.3) is 5.57 Å². The van der Waals surface area contributed by atoms with Crippen molar-refractivity contribution in [3.05, 3.63) is 71.3 Å². The molecule has 2 rings (SSSR count). The molecule has 0 fully saturated rings. The van der Waals surface area contributed by atoms with Crippen LogP contribution in [-0.4, -0.2) is 14.1 Å². The Kier molecular flexibility index (Phi) is 4.59. The van der Waals surface area contributed by atoms with Crippen LogP contribution < -0.4 is 4.90 Å². The number of nitrogens with zero attached hydrogens (tertiary/aromatic N) is 1. The van der Waals surface area contributed by atoms with Gasteiger partial charge in [0.25, 0.3) is 0 Å². The number of allylic oxidation sites excluding steroid dienone is 1. The van der Waals surface area contributed by atoms with Gasteiger partial charge in [-0.1, -0.05) is 30.3 Å². The third-order valence-corrected chi connectivity index (χ3v) is 3.51. The number of anilines is 1. The minimum Gasteiger partial charge on any atom is -0.378 e. The largest absolute Gasteiger partial charge is 0.416 e. The van der Waals surface area contributed by atoms with Crippen LogP contribution in [0.5, 0.6) is 0 Å². The Hall–Kier alpha value is -2.23. The first kappa shape index (κ1) is 16.1. The van der Waals surface area contributed by atoms with E-state index in [4.69, 9.17) is 0 Å². The van der Waals surface area contributed by atoms with Gasteiger partial charge in [0.15, 0.2) is 0 Å². The van der Waals surface area contributed by atoms with Crippen LogP contribution in [0.2, 0.25) is 0 Å². The molecule has 0 heterocycles. The summed E-state index contributed by atoms with van der Waals surface area (Å²) >= 11 is 0. The Morgan fingerprint density at radius 3 is 1.68 bits per heavy atom. The normalized spacial score (nSPS) is 12.4. The molecule has 2 aromatic rings. The van der Waals surface area contributed by atoms with Gasteiger partial charge in [0, 0.05) is 19.8 Å². The van der Waals surface area contributed by atoms with Gasteiger partial charge < -0.3 is 4.90 Å². The van der Waals surface area contributed by atoms with Crippen molar-refractivity contribution in [2.45, 2.75) is 13.1 Å². The number of hydrogen-bond donors (Lipinski definition) is 0. The first-order valence-electron chi connectivity index (χ1n) is 6.94. The number of benzene rings is 2. The molecule has 0 N–H and O–H groups in total. The fourth-order valence-corrected chi connectivity index (χ4v) is 2.28. The van der Waals surface area contributed by atoms with E-state index in [1.165, 1.54) is 12.1 Å². The first-order valence-corrected chi connectivity index (χ1v) is 6.94. The van der Waals surface area contributed by atoms with Crippen LogP contribution in [0.1, 0.15) is 23.6 Å². The Balaban J connectivity index is 2.32. The predicted octanol–water partition coefficient (Wildman–Crippen LogP) is 5.22. The van der Waals surface area contributed by atoms with Crippen molar-refractivity contribution in [3.63, 3.8) is 0 Å². The molecule has 2 aromatic carbocycles. The van der Waals surface area contributed by atoms with Crippen LogP contribution in [0.3, 0.4) is 0 Å². The van der Waals surface area contributed by atoms with Gasteiger partial charge in [-0.25, -0.2) is 0 Å². The average Bonchev–Trinajstić information content (AvgIpc) is 2.48. The number of hydrogen-bond acceptors (Lipinski definition) is 1. The summed E-state index contributed by atoms with van der Waals surface area (Å²) in [4.78, 5) is 2.00. The summed E-state index contributed by atoms with van der Waals surface area (Å²) in [6.07, 6.45) is -2.39.